The van der Waals surface area contributed by atoms with Crippen LogP contribution in [0.25, 0.3) is 10.8 Å². The highest BCUT2D eigenvalue weighted by Crippen LogP contribution is 2.29. The number of amides is 1. The molecule has 9 heteroatoms. The Bertz CT molecular complexity index is 1420. The van der Waals surface area contributed by atoms with Gasteiger partial charge < -0.3 is 10.1 Å². The van der Waals surface area contributed by atoms with Crippen LogP contribution in [0.2, 0.25) is 5.02 Å². The van der Waals surface area contributed by atoms with Gasteiger partial charge in [0.05, 0.1) is 17.7 Å². The first-order chi connectivity index (χ1) is 16.4. The number of nitrogens with zero attached hydrogens (tertiary/aromatic N) is 2. The fourth-order valence-electron chi connectivity index (χ4n) is 3.52. The Labute approximate surface area is 203 Å². The molecule has 3 aromatic carbocycles. The summed E-state index contributed by atoms with van der Waals surface area (Å²) >= 11 is 6.17. The van der Waals surface area contributed by atoms with Crippen LogP contribution in [0, 0.1) is 0 Å². The van der Waals surface area contributed by atoms with Gasteiger partial charge in [-0.1, -0.05) is 41.9 Å². The van der Waals surface area contributed by atoms with Crippen LogP contribution in [0.4, 0.5) is 5.69 Å². The minimum atomic E-state index is -4.11. The van der Waals surface area contributed by atoms with Crippen molar-refractivity contribution in [2.45, 2.75) is 11.4 Å². The molecule has 1 amide bonds. The third-order valence-corrected chi connectivity index (χ3v) is 7.49. The molecule has 0 aliphatic rings. The summed E-state index contributed by atoms with van der Waals surface area (Å²) in [5.74, 6) is 0.0988. The van der Waals surface area contributed by atoms with Gasteiger partial charge in [0, 0.05) is 34.7 Å². The molecule has 1 aromatic heterocycles. The number of fused-ring (bicyclic) bond motifs is 1. The number of hydrogen-bond acceptors (Lipinski definition) is 5. The molecule has 0 aliphatic heterocycles. The number of aromatic nitrogens is 1. The summed E-state index contributed by atoms with van der Waals surface area (Å²) in [5.41, 5.74) is 1.07. The molecule has 0 bridgehead atoms. The number of rotatable bonds is 8. The van der Waals surface area contributed by atoms with Crippen LogP contribution in [0.3, 0.4) is 0 Å². The quantitative estimate of drug-likeness (QED) is 0.391. The van der Waals surface area contributed by atoms with Crippen molar-refractivity contribution in [3.05, 3.63) is 95.8 Å². The van der Waals surface area contributed by atoms with E-state index in [2.05, 4.69) is 10.3 Å². The van der Waals surface area contributed by atoms with E-state index in [-0.39, 0.29) is 11.4 Å². The second kappa shape index (κ2) is 10.1. The van der Waals surface area contributed by atoms with Crippen molar-refractivity contribution < 1.29 is 17.9 Å². The maximum absolute atomic E-state index is 13.8. The maximum atomic E-state index is 13.8. The van der Waals surface area contributed by atoms with Gasteiger partial charge in [0.25, 0.3) is 10.0 Å². The Kier molecular flexibility index (Phi) is 7.00. The van der Waals surface area contributed by atoms with E-state index < -0.39 is 22.5 Å². The van der Waals surface area contributed by atoms with E-state index in [1.165, 1.54) is 19.4 Å². The van der Waals surface area contributed by atoms with Crippen LogP contribution in [-0.4, -0.2) is 33.0 Å². The Morgan fingerprint density at radius 3 is 2.53 bits per heavy atom. The van der Waals surface area contributed by atoms with Gasteiger partial charge in [0.1, 0.15) is 12.3 Å². The molecule has 174 valence electrons. The van der Waals surface area contributed by atoms with Crippen LogP contribution >= 0.6 is 11.6 Å². The Morgan fingerprint density at radius 1 is 1.03 bits per heavy atom. The molecule has 1 N–H and O–H groups in total. The van der Waals surface area contributed by atoms with E-state index >= 15 is 0 Å². The van der Waals surface area contributed by atoms with E-state index in [0.717, 1.165) is 9.87 Å². The number of carbonyl (C=O) groups excluding carboxylic acids is 1. The summed E-state index contributed by atoms with van der Waals surface area (Å²) < 4.78 is 34.0. The summed E-state index contributed by atoms with van der Waals surface area (Å²) in [4.78, 5) is 17.0. The van der Waals surface area contributed by atoms with Crippen LogP contribution in [0.5, 0.6) is 5.75 Å². The lowest BCUT2D eigenvalue weighted by Crippen LogP contribution is -2.40. The zero-order valence-corrected chi connectivity index (χ0v) is 19.9. The zero-order chi connectivity index (χ0) is 24.1. The van der Waals surface area contributed by atoms with Gasteiger partial charge in [-0.05, 0) is 48.0 Å². The maximum Gasteiger partial charge on any atom is 0.265 e. The van der Waals surface area contributed by atoms with E-state index in [0.29, 0.717) is 27.2 Å². The van der Waals surface area contributed by atoms with Gasteiger partial charge in [-0.3, -0.25) is 14.1 Å². The van der Waals surface area contributed by atoms with Gasteiger partial charge >= 0.3 is 0 Å². The van der Waals surface area contributed by atoms with E-state index in [1.54, 1.807) is 66.9 Å². The number of benzene rings is 3. The smallest absolute Gasteiger partial charge is 0.265 e. The lowest BCUT2D eigenvalue weighted by Gasteiger charge is -2.25. The second-order valence-electron chi connectivity index (χ2n) is 7.43. The lowest BCUT2D eigenvalue weighted by molar-refractivity contribution is -0.119. The molecule has 4 rings (SSSR count). The molecule has 34 heavy (non-hydrogen) atoms. The standard InChI is InChI=1S/C25H22ClN3O4S/c1-33-21-11-9-20(10-12-21)29(17-25(30)28-16-19-5-2-3-7-23(19)26)34(31,32)24-8-4-6-18-15-27-14-13-22(18)24/h2-15H,16-17H2,1H3,(H,28,30). The number of halogens is 1. The molecule has 4 aromatic rings. The van der Waals surface area contributed by atoms with Gasteiger partial charge in [0.2, 0.25) is 5.91 Å². The van der Waals surface area contributed by atoms with Gasteiger partial charge in [-0.2, -0.15) is 0 Å². The predicted octanol–water partition coefficient (Wildman–Crippen LogP) is 4.41. The van der Waals surface area contributed by atoms with Crippen LogP contribution in [0.1, 0.15) is 5.56 Å². The molecule has 1 heterocycles. The summed E-state index contributed by atoms with van der Waals surface area (Å²) in [5, 5.41) is 4.48. The number of nitrogens with one attached hydrogen (secondary N) is 1. The van der Waals surface area contributed by atoms with Gasteiger partial charge in [-0.25, -0.2) is 8.42 Å². The number of ether oxygens (including phenoxy) is 1. The van der Waals surface area contributed by atoms with Gasteiger partial charge in [0.15, 0.2) is 0 Å². The van der Waals surface area contributed by atoms with Crippen LogP contribution < -0.4 is 14.4 Å². The topological polar surface area (TPSA) is 88.6 Å². The first-order valence-corrected chi connectivity index (χ1v) is 12.2. The van der Waals surface area contributed by atoms with Gasteiger partial charge in [-0.15, -0.1) is 0 Å². The van der Waals surface area contributed by atoms with Crippen molar-refractivity contribution in [3.63, 3.8) is 0 Å². The molecule has 0 radical (unpaired) electrons. The Morgan fingerprint density at radius 2 is 1.79 bits per heavy atom. The molecule has 0 atom stereocenters. The van der Waals surface area contributed by atoms with Crippen molar-refractivity contribution >= 4 is 44.0 Å². The van der Waals surface area contributed by atoms with E-state index in [1.807, 2.05) is 6.07 Å². The SMILES string of the molecule is COc1ccc(N(CC(=O)NCc2ccccc2Cl)S(=O)(=O)c2cccc3cnccc23)cc1. The lowest BCUT2D eigenvalue weighted by atomic mass is 10.2. The zero-order valence-electron chi connectivity index (χ0n) is 18.3. The second-order valence-corrected chi connectivity index (χ2v) is 9.67. The molecule has 0 unspecified atom stereocenters. The average Bonchev–Trinajstić information content (AvgIpc) is 2.86. The fraction of sp³-hybridized carbons (Fsp3) is 0.120. The van der Waals surface area contributed by atoms with E-state index in [4.69, 9.17) is 16.3 Å². The van der Waals surface area contributed by atoms with Crippen molar-refractivity contribution in [1.82, 2.24) is 10.3 Å². The minimum Gasteiger partial charge on any atom is -0.497 e. The van der Waals surface area contributed by atoms with E-state index in [9.17, 15) is 13.2 Å². The highest BCUT2D eigenvalue weighted by molar-refractivity contribution is 7.93. The van der Waals surface area contributed by atoms with Crippen molar-refractivity contribution in [2.75, 3.05) is 18.0 Å². The first-order valence-electron chi connectivity index (χ1n) is 10.4. The monoisotopic (exact) mass is 495 g/mol. The number of carbonyl (C=O) groups is 1. The third kappa shape index (κ3) is 4.98. The molecule has 0 spiro atoms. The number of sulfonamides is 1. The number of anilines is 1. The number of hydrogen-bond donors (Lipinski definition) is 1. The fourth-order valence-corrected chi connectivity index (χ4v) is 5.36. The Balaban J connectivity index is 1.69. The third-order valence-electron chi connectivity index (χ3n) is 5.29. The highest BCUT2D eigenvalue weighted by atomic mass is 35.5. The highest BCUT2D eigenvalue weighted by Gasteiger charge is 2.29. The van der Waals surface area contributed by atoms with Crippen molar-refractivity contribution in [1.29, 1.82) is 0 Å². The number of pyridine rings is 1. The summed E-state index contributed by atoms with van der Waals surface area (Å²) in [6, 6.07) is 20.2. The predicted molar refractivity (Wildman–Crippen MR) is 133 cm³/mol. The molecule has 7 nitrogen and oxygen atoms in total. The molecule has 0 saturated heterocycles. The van der Waals surface area contributed by atoms with Crippen molar-refractivity contribution in [2.24, 2.45) is 0 Å². The first kappa shape index (κ1) is 23.5. The molecule has 0 aliphatic carbocycles. The average molecular weight is 496 g/mol. The summed E-state index contributed by atoms with van der Waals surface area (Å²) in [6.45, 7) is -0.241. The molecular weight excluding hydrogens is 474 g/mol. The van der Waals surface area contributed by atoms with Crippen LogP contribution in [0.15, 0.2) is 90.1 Å². The summed E-state index contributed by atoms with van der Waals surface area (Å²) in [7, 11) is -2.59. The van der Waals surface area contributed by atoms with Crippen molar-refractivity contribution in [3.8, 4) is 5.75 Å². The number of methoxy groups -OCH3 is 1. The Hall–Kier alpha value is -3.62. The molecular formula is C25H22ClN3O4S. The summed E-state index contributed by atoms with van der Waals surface area (Å²) in [6.07, 6.45) is 3.14. The minimum absolute atomic E-state index is 0.0853. The largest absolute Gasteiger partial charge is 0.497 e. The van der Waals surface area contributed by atoms with Crippen LogP contribution in [-0.2, 0) is 21.4 Å². The molecule has 0 fully saturated rings. The normalized spacial score (nSPS) is 11.2. The molecule has 0 saturated carbocycles.